The number of carbonyl (C=O) groups excluding carboxylic acids is 1. The third kappa shape index (κ3) is 6.58. The fourth-order valence-corrected chi connectivity index (χ4v) is 1.25. The van der Waals surface area contributed by atoms with Gasteiger partial charge in [0.15, 0.2) is 0 Å². The molecule has 0 aliphatic heterocycles. The molecule has 94 valence electrons. The molecule has 0 bridgehead atoms. The number of ether oxygens (including phenoxy) is 2. The van der Waals surface area contributed by atoms with E-state index in [0.29, 0.717) is 13.2 Å². The molecule has 0 heterocycles. The molecule has 1 rings (SSSR count). The van der Waals surface area contributed by atoms with Crippen molar-refractivity contribution in [2.45, 2.75) is 12.8 Å². The van der Waals surface area contributed by atoms with Crippen molar-refractivity contribution in [1.29, 1.82) is 0 Å². The second-order valence-electron chi connectivity index (χ2n) is 3.59. The molecule has 0 unspecified atom stereocenters. The van der Waals surface area contributed by atoms with Gasteiger partial charge in [0, 0.05) is 13.7 Å². The highest BCUT2D eigenvalue weighted by atomic mass is 16.5. The Morgan fingerprint density at radius 2 is 1.88 bits per heavy atom. The number of hydrogen-bond donors (Lipinski definition) is 1. The van der Waals surface area contributed by atoms with Crippen molar-refractivity contribution in [3.8, 4) is 5.75 Å². The van der Waals surface area contributed by atoms with Crippen molar-refractivity contribution in [3.05, 3.63) is 30.3 Å². The Hall–Kier alpha value is -1.55. The molecule has 0 atom stereocenters. The van der Waals surface area contributed by atoms with E-state index in [4.69, 9.17) is 9.47 Å². The Balaban J connectivity index is 1.93. The van der Waals surface area contributed by atoms with Gasteiger partial charge in [0.1, 0.15) is 12.4 Å². The quantitative estimate of drug-likeness (QED) is 0.699. The minimum atomic E-state index is -0.0921. The van der Waals surface area contributed by atoms with E-state index in [1.807, 2.05) is 30.3 Å². The number of nitrogens with one attached hydrogen (secondary N) is 1. The molecule has 1 aromatic rings. The molecule has 0 aromatic heterocycles. The van der Waals surface area contributed by atoms with Crippen LogP contribution in [-0.4, -0.2) is 32.8 Å². The Morgan fingerprint density at radius 3 is 2.59 bits per heavy atom. The maximum absolute atomic E-state index is 10.8. The molecule has 1 amide bonds. The number of para-hydroxylation sites is 1. The van der Waals surface area contributed by atoms with Gasteiger partial charge in [0.05, 0.1) is 6.61 Å². The monoisotopic (exact) mass is 237 g/mol. The number of rotatable bonds is 8. The third-order valence-electron chi connectivity index (χ3n) is 2.21. The molecule has 0 saturated carbocycles. The lowest BCUT2D eigenvalue weighted by atomic mass is 10.3. The van der Waals surface area contributed by atoms with Crippen LogP contribution in [0.15, 0.2) is 30.3 Å². The largest absolute Gasteiger partial charge is 0.494 e. The van der Waals surface area contributed by atoms with Crippen molar-refractivity contribution in [2.75, 3.05) is 26.9 Å². The summed E-state index contributed by atoms with van der Waals surface area (Å²) in [6.07, 6.45) is 1.81. The van der Waals surface area contributed by atoms with Gasteiger partial charge in [-0.15, -0.1) is 0 Å². The lowest BCUT2D eigenvalue weighted by Crippen LogP contribution is -2.23. The summed E-state index contributed by atoms with van der Waals surface area (Å²) in [6, 6.07) is 9.72. The van der Waals surface area contributed by atoms with Gasteiger partial charge in [-0.05, 0) is 25.0 Å². The first-order valence-corrected chi connectivity index (χ1v) is 5.79. The number of amides is 1. The Labute approximate surface area is 102 Å². The van der Waals surface area contributed by atoms with Gasteiger partial charge in [-0.3, -0.25) is 4.79 Å². The second-order valence-corrected chi connectivity index (χ2v) is 3.59. The first-order chi connectivity index (χ1) is 8.33. The maximum Gasteiger partial charge on any atom is 0.245 e. The van der Waals surface area contributed by atoms with Crippen LogP contribution in [0.3, 0.4) is 0 Å². The van der Waals surface area contributed by atoms with Crippen LogP contribution in [-0.2, 0) is 9.53 Å². The van der Waals surface area contributed by atoms with Crippen molar-refractivity contribution in [1.82, 2.24) is 5.32 Å². The smallest absolute Gasteiger partial charge is 0.245 e. The van der Waals surface area contributed by atoms with Gasteiger partial charge >= 0.3 is 0 Å². The molecule has 1 N–H and O–H groups in total. The van der Waals surface area contributed by atoms with E-state index in [2.05, 4.69) is 5.32 Å². The molecular formula is C13H19NO3. The van der Waals surface area contributed by atoms with Gasteiger partial charge in [-0.1, -0.05) is 18.2 Å². The van der Waals surface area contributed by atoms with E-state index >= 15 is 0 Å². The Bertz CT molecular complexity index is 314. The molecule has 0 saturated heterocycles. The van der Waals surface area contributed by atoms with Gasteiger partial charge in [0.25, 0.3) is 0 Å². The van der Waals surface area contributed by atoms with E-state index in [1.54, 1.807) is 7.05 Å². The molecular weight excluding hydrogens is 218 g/mol. The summed E-state index contributed by atoms with van der Waals surface area (Å²) in [5.41, 5.74) is 0. The standard InChI is InChI=1S/C13H19NO3/c1-14-13(15)11-16-9-5-6-10-17-12-7-3-2-4-8-12/h2-4,7-8H,5-6,9-11H2,1H3,(H,14,15). The van der Waals surface area contributed by atoms with Gasteiger partial charge in [0.2, 0.25) is 5.91 Å². The number of hydrogen-bond acceptors (Lipinski definition) is 3. The predicted molar refractivity (Wildman–Crippen MR) is 66.1 cm³/mol. The molecule has 0 aliphatic rings. The Morgan fingerprint density at radius 1 is 1.18 bits per heavy atom. The summed E-state index contributed by atoms with van der Waals surface area (Å²) in [5.74, 6) is 0.796. The fourth-order valence-electron chi connectivity index (χ4n) is 1.25. The molecule has 4 nitrogen and oxygen atoms in total. The average Bonchev–Trinajstić information content (AvgIpc) is 2.38. The Kier molecular flexibility index (Phi) is 6.82. The summed E-state index contributed by atoms with van der Waals surface area (Å²) in [6.45, 7) is 1.40. The molecule has 0 aliphatic carbocycles. The van der Waals surface area contributed by atoms with Crippen molar-refractivity contribution < 1.29 is 14.3 Å². The number of benzene rings is 1. The zero-order valence-electron chi connectivity index (χ0n) is 10.1. The van der Waals surface area contributed by atoms with Crippen LogP contribution >= 0.6 is 0 Å². The number of carbonyl (C=O) groups is 1. The predicted octanol–water partition coefficient (Wildman–Crippen LogP) is 1.61. The van der Waals surface area contributed by atoms with Gasteiger partial charge < -0.3 is 14.8 Å². The zero-order valence-corrected chi connectivity index (χ0v) is 10.1. The van der Waals surface area contributed by atoms with Crippen LogP contribution in [0.5, 0.6) is 5.75 Å². The summed E-state index contributed by atoms with van der Waals surface area (Å²) in [5, 5.41) is 2.50. The first kappa shape index (κ1) is 13.5. The van der Waals surface area contributed by atoms with E-state index in [9.17, 15) is 4.79 Å². The van der Waals surface area contributed by atoms with Crippen LogP contribution in [0.1, 0.15) is 12.8 Å². The summed E-state index contributed by atoms with van der Waals surface area (Å²) in [7, 11) is 1.60. The number of unbranched alkanes of at least 4 members (excludes halogenated alkanes) is 1. The SMILES string of the molecule is CNC(=O)COCCCCOc1ccccc1. The highest BCUT2D eigenvalue weighted by Gasteiger charge is 1.97. The van der Waals surface area contributed by atoms with Crippen LogP contribution < -0.4 is 10.1 Å². The minimum Gasteiger partial charge on any atom is -0.494 e. The van der Waals surface area contributed by atoms with E-state index in [0.717, 1.165) is 18.6 Å². The molecule has 4 heteroatoms. The topological polar surface area (TPSA) is 47.6 Å². The maximum atomic E-state index is 10.8. The number of likely N-dealkylation sites (N-methyl/N-ethyl adjacent to an activating group) is 1. The van der Waals surface area contributed by atoms with Crippen LogP contribution in [0.4, 0.5) is 0 Å². The van der Waals surface area contributed by atoms with E-state index < -0.39 is 0 Å². The molecule has 1 aromatic carbocycles. The molecule has 17 heavy (non-hydrogen) atoms. The summed E-state index contributed by atoms with van der Waals surface area (Å²) in [4.78, 5) is 10.8. The second kappa shape index (κ2) is 8.58. The lowest BCUT2D eigenvalue weighted by Gasteiger charge is -2.06. The normalized spacial score (nSPS) is 9.94. The summed E-state index contributed by atoms with van der Waals surface area (Å²) < 4.78 is 10.7. The highest BCUT2D eigenvalue weighted by Crippen LogP contribution is 2.08. The minimum absolute atomic E-state index is 0.0921. The van der Waals surface area contributed by atoms with E-state index in [-0.39, 0.29) is 12.5 Å². The van der Waals surface area contributed by atoms with E-state index in [1.165, 1.54) is 0 Å². The van der Waals surface area contributed by atoms with Gasteiger partial charge in [-0.2, -0.15) is 0 Å². The third-order valence-corrected chi connectivity index (χ3v) is 2.21. The summed E-state index contributed by atoms with van der Waals surface area (Å²) >= 11 is 0. The lowest BCUT2D eigenvalue weighted by molar-refractivity contribution is -0.125. The van der Waals surface area contributed by atoms with Crippen LogP contribution in [0.25, 0.3) is 0 Å². The van der Waals surface area contributed by atoms with Gasteiger partial charge in [-0.25, -0.2) is 0 Å². The average molecular weight is 237 g/mol. The molecule has 0 fully saturated rings. The van der Waals surface area contributed by atoms with Crippen LogP contribution in [0.2, 0.25) is 0 Å². The zero-order chi connectivity index (χ0) is 12.3. The highest BCUT2D eigenvalue weighted by molar-refractivity contribution is 5.76. The van der Waals surface area contributed by atoms with Crippen molar-refractivity contribution in [2.24, 2.45) is 0 Å². The molecule has 0 spiro atoms. The fraction of sp³-hybridized carbons (Fsp3) is 0.462. The molecule has 0 radical (unpaired) electrons. The van der Waals surface area contributed by atoms with Crippen molar-refractivity contribution >= 4 is 5.91 Å². The van der Waals surface area contributed by atoms with Crippen molar-refractivity contribution in [3.63, 3.8) is 0 Å². The first-order valence-electron chi connectivity index (χ1n) is 5.79. The van der Waals surface area contributed by atoms with Crippen LogP contribution in [0, 0.1) is 0 Å².